The minimum atomic E-state index is -3.30. The smallest absolute Gasteiger partial charge is 0.175 e. The predicted octanol–water partition coefficient (Wildman–Crippen LogP) is 2.58. The molecule has 1 aliphatic heterocycles. The summed E-state index contributed by atoms with van der Waals surface area (Å²) in [5.41, 5.74) is 1.71. The molecular formula is C21H26N6O2S. The average molecular weight is 427 g/mol. The van der Waals surface area contributed by atoms with Crippen molar-refractivity contribution in [2.75, 3.05) is 42.2 Å². The molecule has 0 atom stereocenters. The number of rotatable bonds is 4. The summed E-state index contributed by atoms with van der Waals surface area (Å²) in [5, 5.41) is 0.758. The number of fused-ring (bicyclic) bond motifs is 1. The minimum absolute atomic E-state index is 0.279. The average Bonchev–Trinajstić information content (AvgIpc) is 2.72. The summed E-state index contributed by atoms with van der Waals surface area (Å²) < 4.78 is 24.0. The first-order chi connectivity index (χ1) is 14.2. The maximum Gasteiger partial charge on any atom is 0.175 e. The first-order valence-corrected chi connectivity index (χ1v) is 11.9. The maximum absolute atomic E-state index is 12.0. The Bertz CT molecular complexity index is 1190. The number of anilines is 2. The third kappa shape index (κ3) is 4.07. The second-order valence-corrected chi connectivity index (χ2v) is 10.0. The Morgan fingerprint density at radius 2 is 1.67 bits per heavy atom. The molecule has 1 fully saturated rings. The van der Waals surface area contributed by atoms with Crippen molar-refractivity contribution in [3.05, 3.63) is 42.1 Å². The van der Waals surface area contributed by atoms with Gasteiger partial charge in [0.15, 0.2) is 9.84 Å². The van der Waals surface area contributed by atoms with Crippen molar-refractivity contribution >= 4 is 32.4 Å². The molecule has 1 aliphatic rings. The number of nitrogens with zero attached hydrogens (tertiary/aromatic N) is 6. The van der Waals surface area contributed by atoms with Crippen LogP contribution in [0.25, 0.3) is 10.9 Å². The van der Waals surface area contributed by atoms with Gasteiger partial charge in [0.25, 0.3) is 0 Å². The molecule has 0 aliphatic carbocycles. The van der Waals surface area contributed by atoms with Crippen molar-refractivity contribution in [2.24, 2.45) is 0 Å². The van der Waals surface area contributed by atoms with Crippen LogP contribution in [0.4, 0.5) is 11.6 Å². The number of hydrogen-bond acceptors (Lipinski definition) is 8. The van der Waals surface area contributed by atoms with E-state index in [0.29, 0.717) is 0 Å². The maximum atomic E-state index is 12.0. The minimum Gasteiger partial charge on any atom is -0.353 e. The topological polar surface area (TPSA) is 92.2 Å². The quantitative estimate of drug-likeness (QED) is 0.629. The molecule has 8 nitrogen and oxygen atoms in total. The zero-order valence-corrected chi connectivity index (χ0v) is 18.5. The Morgan fingerprint density at radius 1 is 0.967 bits per heavy atom. The summed E-state index contributed by atoms with van der Waals surface area (Å²) in [4.78, 5) is 22.8. The largest absolute Gasteiger partial charge is 0.353 e. The van der Waals surface area contributed by atoms with Crippen LogP contribution >= 0.6 is 0 Å². The molecule has 4 rings (SSSR count). The molecule has 0 bridgehead atoms. The Kier molecular flexibility index (Phi) is 5.31. The molecule has 0 spiro atoms. The highest BCUT2D eigenvalue weighted by Crippen LogP contribution is 2.27. The molecule has 30 heavy (non-hydrogen) atoms. The molecule has 3 aromatic rings. The van der Waals surface area contributed by atoms with Gasteiger partial charge in [0.1, 0.15) is 23.8 Å². The predicted molar refractivity (Wildman–Crippen MR) is 118 cm³/mol. The zero-order valence-electron chi connectivity index (χ0n) is 17.7. The molecule has 0 N–H and O–H groups in total. The third-order valence-electron chi connectivity index (χ3n) is 5.29. The first kappa shape index (κ1) is 20.5. The van der Waals surface area contributed by atoms with Gasteiger partial charge in [-0.15, -0.1) is 0 Å². The van der Waals surface area contributed by atoms with Crippen molar-refractivity contribution in [1.29, 1.82) is 0 Å². The molecule has 158 valence electrons. The summed E-state index contributed by atoms with van der Waals surface area (Å²) in [6.07, 6.45) is 2.75. The van der Waals surface area contributed by atoms with Gasteiger partial charge in [0.2, 0.25) is 0 Å². The van der Waals surface area contributed by atoms with Gasteiger partial charge in [-0.3, -0.25) is 0 Å². The Labute approximate surface area is 176 Å². The van der Waals surface area contributed by atoms with E-state index in [9.17, 15) is 8.42 Å². The standard InChI is InChI=1S/C21H26N6O2S/c1-14(2)20-24-15(3)11-19(25-20)26-7-9-27(10-8-26)21-17-12-16(30(4,28)29)5-6-18(17)22-13-23-21/h5-6,11-14H,7-10H2,1-4H3. The molecule has 3 heterocycles. The highest BCUT2D eigenvalue weighted by molar-refractivity contribution is 7.90. The van der Waals surface area contributed by atoms with Crippen LogP contribution < -0.4 is 9.80 Å². The monoisotopic (exact) mass is 426 g/mol. The molecule has 0 unspecified atom stereocenters. The Balaban J connectivity index is 1.60. The van der Waals surface area contributed by atoms with Crippen LogP contribution in [-0.4, -0.2) is 60.8 Å². The van der Waals surface area contributed by atoms with Crippen LogP contribution in [0.3, 0.4) is 0 Å². The second kappa shape index (κ2) is 7.79. The Morgan fingerprint density at radius 3 is 2.33 bits per heavy atom. The van der Waals surface area contributed by atoms with Crippen LogP contribution in [0.5, 0.6) is 0 Å². The number of sulfone groups is 1. The highest BCUT2D eigenvalue weighted by atomic mass is 32.2. The van der Waals surface area contributed by atoms with E-state index >= 15 is 0 Å². The van der Waals surface area contributed by atoms with Crippen molar-refractivity contribution in [3.8, 4) is 0 Å². The fraction of sp³-hybridized carbons (Fsp3) is 0.429. The molecule has 9 heteroatoms. The van der Waals surface area contributed by atoms with Crippen LogP contribution in [0.2, 0.25) is 0 Å². The molecule has 0 saturated carbocycles. The summed E-state index contributed by atoms with van der Waals surface area (Å²) in [6, 6.07) is 7.04. The van der Waals surface area contributed by atoms with Gasteiger partial charge in [-0.1, -0.05) is 13.8 Å². The lowest BCUT2D eigenvalue weighted by atomic mass is 10.2. The van der Waals surface area contributed by atoms with E-state index in [2.05, 4.69) is 38.6 Å². The molecule has 2 aromatic heterocycles. The highest BCUT2D eigenvalue weighted by Gasteiger charge is 2.22. The van der Waals surface area contributed by atoms with E-state index in [0.717, 1.165) is 60.2 Å². The zero-order chi connectivity index (χ0) is 21.5. The molecular weight excluding hydrogens is 400 g/mol. The van der Waals surface area contributed by atoms with Crippen LogP contribution in [0.1, 0.15) is 31.3 Å². The van der Waals surface area contributed by atoms with E-state index in [4.69, 9.17) is 4.98 Å². The van der Waals surface area contributed by atoms with E-state index < -0.39 is 9.84 Å². The van der Waals surface area contributed by atoms with E-state index in [1.165, 1.54) is 12.6 Å². The van der Waals surface area contributed by atoms with E-state index in [-0.39, 0.29) is 10.8 Å². The third-order valence-corrected chi connectivity index (χ3v) is 6.40. The van der Waals surface area contributed by atoms with Gasteiger partial charge >= 0.3 is 0 Å². The van der Waals surface area contributed by atoms with Gasteiger partial charge in [-0.2, -0.15) is 0 Å². The Hall–Kier alpha value is -2.81. The van der Waals surface area contributed by atoms with Crippen LogP contribution in [0.15, 0.2) is 35.5 Å². The van der Waals surface area contributed by atoms with Crippen molar-refractivity contribution in [3.63, 3.8) is 0 Å². The number of aryl methyl sites for hydroxylation is 1. The van der Waals surface area contributed by atoms with Gasteiger partial charge in [0, 0.05) is 55.5 Å². The second-order valence-electron chi connectivity index (χ2n) is 8.00. The summed E-state index contributed by atoms with van der Waals surface area (Å²) in [6.45, 7) is 9.31. The lowest BCUT2D eigenvalue weighted by Gasteiger charge is -2.36. The van der Waals surface area contributed by atoms with Crippen molar-refractivity contribution in [2.45, 2.75) is 31.6 Å². The van der Waals surface area contributed by atoms with Crippen molar-refractivity contribution in [1.82, 2.24) is 19.9 Å². The normalized spacial score (nSPS) is 15.2. The summed E-state index contributed by atoms with van der Waals surface area (Å²) in [5.74, 6) is 2.87. The lowest BCUT2D eigenvalue weighted by Crippen LogP contribution is -2.47. The summed E-state index contributed by atoms with van der Waals surface area (Å²) in [7, 11) is -3.30. The summed E-state index contributed by atoms with van der Waals surface area (Å²) >= 11 is 0. The number of benzene rings is 1. The first-order valence-electron chi connectivity index (χ1n) is 10.0. The van der Waals surface area contributed by atoms with Gasteiger partial charge in [-0.05, 0) is 25.1 Å². The van der Waals surface area contributed by atoms with Gasteiger partial charge < -0.3 is 9.80 Å². The van der Waals surface area contributed by atoms with Crippen LogP contribution in [-0.2, 0) is 9.84 Å². The van der Waals surface area contributed by atoms with E-state index in [1.54, 1.807) is 18.2 Å². The number of aromatic nitrogens is 4. The van der Waals surface area contributed by atoms with Gasteiger partial charge in [-0.25, -0.2) is 28.4 Å². The van der Waals surface area contributed by atoms with Crippen molar-refractivity contribution < 1.29 is 8.42 Å². The fourth-order valence-electron chi connectivity index (χ4n) is 3.65. The molecule has 0 radical (unpaired) electrons. The molecule has 0 amide bonds. The molecule has 1 saturated heterocycles. The van der Waals surface area contributed by atoms with Gasteiger partial charge in [0.05, 0.1) is 10.4 Å². The number of piperazine rings is 1. The number of hydrogen-bond donors (Lipinski definition) is 0. The fourth-order valence-corrected chi connectivity index (χ4v) is 4.29. The lowest BCUT2D eigenvalue weighted by molar-refractivity contribution is 0.602. The van der Waals surface area contributed by atoms with Crippen LogP contribution in [0, 0.1) is 6.92 Å². The molecule has 1 aromatic carbocycles. The SMILES string of the molecule is Cc1cc(N2CCN(c3ncnc4ccc(S(C)(=O)=O)cc34)CC2)nc(C(C)C)n1. The van der Waals surface area contributed by atoms with E-state index in [1.807, 2.05) is 13.0 Å².